The number of carbonyl (C=O) groups is 2. The van der Waals surface area contributed by atoms with Crippen LogP contribution in [0.25, 0.3) is 0 Å². The van der Waals surface area contributed by atoms with Gasteiger partial charge in [-0.25, -0.2) is 4.79 Å². The van der Waals surface area contributed by atoms with E-state index in [1.54, 1.807) is 18.7 Å². The van der Waals surface area contributed by atoms with Crippen LogP contribution in [0.5, 0.6) is 0 Å². The monoisotopic (exact) mass is 247 g/mol. The third-order valence-electron chi connectivity index (χ3n) is 2.66. The van der Waals surface area contributed by atoms with Gasteiger partial charge in [0, 0.05) is 24.7 Å². The van der Waals surface area contributed by atoms with E-state index in [2.05, 4.69) is 5.32 Å². The highest BCUT2D eigenvalue weighted by Gasteiger charge is 2.44. The van der Waals surface area contributed by atoms with Crippen LogP contribution in [0.15, 0.2) is 0 Å². The van der Waals surface area contributed by atoms with Crippen molar-refractivity contribution in [3.05, 3.63) is 0 Å². The molecule has 0 radical (unpaired) electrons. The second-order valence-corrected chi connectivity index (χ2v) is 4.95. The van der Waals surface area contributed by atoms with Crippen molar-refractivity contribution in [1.82, 2.24) is 5.32 Å². The molecule has 92 valence electrons. The molecule has 2 N–H and O–H groups in total. The molecule has 0 aliphatic carbocycles. The molecule has 0 aromatic rings. The zero-order valence-electron chi connectivity index (χ0n) is 9.49. The largest absolute Gasteiger partial charge is 0.479 e. The average Bonchev–Trinajstić information content (AvgIpc) is 2.68. The molecule has 16 heavy (non-hydrogen) atoms. The van der Waals surface area contributed by atoms with Crippen LogP contribution in [0.4, 0.5) is 0 Å². The molecule has 0 aromatic heterocycles. The molecule has 0 bridgehead atoms. The maximum atomic E-state index is 11.8. The summed E-state index contributed by atoms with van der Waals surface area (Å²) in [6.07, 6.45) is 2.25. The molecule has 2 unspecified atom stereocenters. The summed E-state index contributed by atoms with van der Waals surface area (Å²) in [5, 5.41) is 11.7. The number of carboxylic acids is 1. The first-order valence-electron chi connectivity index (χ1n) is 5.14. The number of carbonyl (C=O) groups excluding carboxylic acids is 1. The van der Waals surface area contributed by atoms with E-state index in [1.807, 2.05) is 6.26 Å². The zero-order valence-corrected chi connectivity index (χ0v) is 10.3. The number of nitrogens with one attached hydrogen (secondary N) is 1. The lowest BCUT2D eigenvalue weighted by atomic mass is 9.98. The molecule has 0 spiro atoms. The van der Waals surface area contributed by atoms with E-state index in [4.69, 9.17) is 9.84 Å². The Labute approximate surface area is 98.9 Å². The molecule has 6 heteroatoms. The van der Waals surface area contributed by atoms with Crippen molar-refractivity contribution in [1.29, 1.82) is 0 Å². The number of hydrogen-bond acceptors (Lipinski definition) is 4. The number of thioether (sulfide) groups is 1. The first kappa shape index (κ1) is 13.3. The Balaban J connectivity index is 2.62. The number of carboxylic acid groups (broad SMARTS) is 1. The van der Waals surface area contributed by atoms with Gasteiger partial charge in [0.1, 0.15) is 0 Å². The van der Waals surface area contributed by atoms with Crippen molar-refractivity contribution in [2.24, 2.45) is 5.92 Å². The lowest BCUT2D eigenvalue weighted by Crippen LogP contribution is -2.56. The van der Waals surface area contributed by atoms with Crippen LogP contribution in [0, 0.1) is 5.92 Å². The van der Waals surface area contributed by atoms with Crippen LogP contribution in [0.2, 0.25) is 0 Å². The van der Waals surface area contributed by atoms with Gasteiger partial charge in [-0.05, 0) is 6.26 Å². The van der Waals surface area contributed by atoms with Crippen molar-refractivity contribution in [3.8, 4) is 0 Å². The SMILES string of the molecule is CSCC(C)C(=O)NC1(C(=O)O)CCOC1. The summed E-state index contributed by atoms with van der Waals surface area (Å²) in [6.45, 7) is 2.22. The van der Waals surface area contributed by atoms with Gasteiger partial charge in [0.15, 0.2) is 5.54 Å². The predicted octanol–water partition coefficient (Wildman–Crippen LogP) is 0.345. The second kappa shape index (κ2) is 5.54. The smallest absolute Gasteiger partial charge is 0.331 e. The highest BCUT2D eigenvalue weighted by Crippen LogP contribution is 2.20. The predicted molar refractivity (Wildman–Crippen MR) is 61.5 cm³/mol. The highest BCUT2D eigenvalue weighted by molar-refractivity contribution is 7.98. The minimum Gasteiger partial charge on any atom is -0.479 e. The Morgan fingerprint density at radius 1 is 1.62 bits per heavy atom. The molecule has 1 aliphatic rings. The van der Waals surface area contributed by atoms with Crippen molar-refractivity contribution in [2.45, 2.75) is 18.9 Å². The fourth-order valence-corrected chi connectivity index (χ4v) is 2.22. The molecule has 1 amide bonds. The zero-order chi connectivity index (χ0) is 12.2. The first-order chi connectivity index (χ1) is 7.52. The van der Waals surface area contributed by atoms with Crippen molar-refractivity contribution in [2.75, 3.05) is 25.2 Å². The normalized spacial score (nSPS) is 26.4. The van der Waals surface area contributed by atoms with E-state index in [9.17, 15) is 9.59 Å². The van der Waals surface area contributed by atoms with Gasteiger partial charge in [-0.3, -0.25) is 4.79 Å². The minimum atomic E-state index is -1.22. The molecule has 1 rings (SSSR count). The quantitative estimate of drug-likeness (QED) is 0.733. The number of rotatable bonds is 5. The van der Waals surface area contributed by atoms with Gasteiger partial charge in [0.25, 0.3) is 0 Å². The van der Waals surface area contributed by atoms with Gasteiger partial charge in [0.2, 0.25) is 5.91 Å². The van der Waals surface area contributed by atoms with Crippen LogP contribution in [0.3, 0.4) is 0 Å². The Morgan fingerprint density at radius 2 is 2.31 bits per heavy atom. The van der Waals surface area contributed by atoms with E-state index in [0.29, 0.717) is 18.8 Å². The molecule has 2 atom stereocenters. The highest BCUT2D eigenvalue weighted by atomic mass is 32.2. The number of aliphatic carboxylic acids is 1. The third-order valence-corrected chi connectivity index (χ3v) is 3.49. The number of hydrogen-bond donors (Lipinski definition) is 2. The van der Waals surface area contributed by atoms with Crippen LogP contribution in [-0.2, 0) is 14.3 Å². The van der Waals surface area contributed by atoms with Gasteiger partial charge < -0.3 is 15.2 Å². The number of ether oxygens (including phenoxy) is 1. The molecule has 1 aliphatic heterocycles. The van der Waals surface area contributed by atoms with Crippen molar-refractivity contribution < 1.29 is 19.4 Å². The molecule has 0 aromatic carbocycles. The maximum absolute atomic E-state index is 11.8. The van der Waals surface area contributed by atoms with Crippen molar-refractivity contribution >= 4 is 23.6 Å². The fourth-order valence-electron chi connectivity index (χ4n) is 1.57. The minimum absolute atomic E-state index is 0.0556. The lowest BCUT2D eigenvalue weighted by molar-refractivity contribution is -0.148. The molecule has 1 saturated heterocycles. The van der Waals surface area contributed by atoms with Gasteiger partial charge in [0.05, 0.1) is 6.61 Å². The van der Waals surface area contributed by atoms with E-state index in [0.717, 1.165) is 0 Å². The Bertz CT molecular complexity index is 276. The van der Waals surface area contributed by atoms with E-state index >= 15 is 0 Å². The fraction of sp³-hybridized carbons (Fsp3) is 0.800. The lowest BCUT2D eigenvalue weighted by Gasteiger charge is -2.25. The van der Waals surface area contributed by atoms with Crippen LogP contribution in [-0.4, -0.2) is 47.7 Å². The van der Waals surface area contributed by atoms with Gasteiger partial charge in [-0.2, -0.15) is 11.8 Å². The summed E-state index contributed by atoms with van der Waals surface area (Å²) in [7, 11) is 0. The number of amides is 1. The Hall–Kier alpha value is -0.750. The van der Waals surface area contributed by atoms with E-state index in [1.165, 1.54) is 0 Å². The summed E-state index contributed by atoms with van der Waals surface area (Å²) in [4.78, 5) is 22.9. The average molecular weight is 247 g/mol. The maximum Gasteiger partial charge on any atom is 0.331 e. The molecule has 5 nitrogen and oxygen atoms in total. The summed E-state index contributed by atoms with van der Waals surface area (Å²) in [5.41, 5.74) is -1.22. The molecular formula is C10H17NO4S. The van der Waals surface area contributed by atoms with Crippen molar-refractivity contribution in [3.63, 3.8) is 0 Å². The van der Waals surface area contributed by atoms with Gasteiger partial charge in [-0.15, -0.1) is 0 Å². The second-order valence-electron chi connectivity index (χ2n) is 4.04. The molecular weight excluding hydrogens is 230 g/mol. The summed E-state index contributed by atoms with van der Waals surface area (Å²) in [6, 6.07) is 0. The summed E-state index contributed by atoms with van der Waals surface area (Å²) >= 11 is 1.56. The van der Waals surface area contributed by atoms with E-state index in [-0.39, 0.29) is 18.4 Å². The molecule has 1 fully saturated rings. The Morgan fingerprint density at radius 3 is 2.75 bits per heavy atom. The topological polar surface area (TPSA) is 75.6 Å². The standard InChI is InChI=1S/C10H17NO4S/c1-7(5-16-2)8(12)11-10(9(13)14)3-4-15-6-10/h7H,3-6H2,1-2H3,(H,11,12)(H,13,14). The van der Waals surface area contributed by atoms with Gasteiger partial charge in [-0.1, -0.05) is 6.92 Å². The Kier molecular flexibility index (Phi) is 4.61. The first-order valence-corrected chi connectivity index (χ1v) is 6.53. The van der Waals surface area contributed by atoms with Gasteiger partial charge >= 0.3 is 5.97 Å². The third kappa shape index (κ3) is 2.89. The summed E-state index contributed by atoms with van der Waals surface area (Å²) < 4.78 is 5.06. The van der Waals surface area contributed by atoms with E-state index < -0.39 is 11.5 Å². The van der Waals surface area contributed by atoms with Crippen LogP contribution in [0.1, 0.15) is 13.3 Å². The van der Waals surface area contributed by atoms with Crippen LogP contribution < -0.4 is 5.32 Å². The van der Waals surface area contributed by atoms with Crippen LogP contribution >= 0.6 is 11.8 Å². The summed E-state index contributed by atoms with van der Waals surface area (Å²) in [5.74, 6) is -0.744. The molecule has 0 saturated carbocycles. The molecule has 1 heterocycles.